The number of thiophene rings is 2. The van der Waals surface area contributed by atoms with Crippen molar-refractivity contribution in [3.63, 3.8) is 0 Å². The first-order chi connectivity index (χ1) is 9.88. The Labute approximate surface area is 128 Å². The van der Waals surface area contributed by atoms with Crippen LogP contribution in [-0.2, 0) is 6.54 Å². The highest BCUT2D eigenvalue weighted by Crippen LogP contribution is 2.28. The summed E-state index contributed by atoms with van der Waals surface area (Å²) in [6.07, 6.45) is 2.41. The number of nitrogens with one attached hydrogen (secondary N) is 1. The van der Waals surface area contributed by atoms with E-state index in [1.165, 1.54) is 33.4 Å². The zero-order valence-electron chi connectivity index (χ0n) is 11.6. The zero-order chi connectivity index (χ0) is 13.8. The molecule has 1 aromatic carbocycles. The summed E-state index contributed by atoms with van der Waals surface area (Å²) >= 11 is 3.69. The van der Waals surface area contributed by atoms with Crippen LogP contribution in [0.4, 0.5) is 0 Å². The first-order valence-electron chi connectivity index (χ1n) is 7.10. The van der Waals surface area contributed by atoms with Gasteiger partial charge in [-0.3, -0.25) is 0 Å². The van der Waals surface area contributed by atoms with Crippen molar-refractivity contribution in [1.29, 1.82) is 0 Å². The molecule has 2 heterocycles. The predicted octanol–water partition coefficient (Wildman–Crippen LogP) is 5.59. The molecule has 0 saturated carbocycles. The van der Waals surface area contributed by atoms with Gasteiger partial charge < -0.3 is 5.32 Å². The summed E-state index contributed by atoms with van der Waals surface area (Å²) in [5.41, 5.74) is 1.42. The van der Waals surface area contributed by atoms with Gasteiger partial charge in [0.25, 0.3) is 0 Å². The van der Waals surface area contributed by atoms with Crippen LogP contribution in [0.5, 0.6) is 0 Å². The van der Waals surface area contributed by atoms with E-state index in [0.717, 1.165) is 6.54 Å². The largest absolute Gasteiger partial charge is 0.305 e. The van der Waals surface area contributed by atoms with Gasteiger partial charge >= 0.3 is 0 Å². The maximum atomic E-state index is 3.73. The van der Waals surface area contributed by atoms with Crippen molar-refractivity contribution in [2.24, 2.45) is 0 Å². The third kappa shape index (κ3) is 2.95. The normalized spacial score (nSPS) is 12.8. The molecule has 0 aliphatic carbocycles. The standard InChI is InChI=1S/C17H19NS2/c1-2-6-15(17-9-5-10-19-17)18-11-13-12-20-16-8-4-3-7-14(13)16/h3-5,7-10,12,15,18H,2,6,11H2,1H3. The third-order valence-corrected chi connectivity index (χ3v) is 5.56. The van der Waals surface area contributed by atoms with Gasteiger partial charge in [0.05, 0.1) is 0 Å². The molecule has 1 unspecified atom stereocenters. The molecule has 0 spiro atoms. The molecule has 104 valence electrons. The molecule has 1 nitrogen and oxygen atoms in total. The van der Waals surface area contributed by atoms with E-state index in [9.17, 15) is 0 Å². The Morgan fingerprint density at radius 1 is 1.10 bits per heavy atom. The Morgan fingerprint density at radius 2 is 2.00 bits per heavy atom. The summed E-state index contributed by atoms with van der Waals surface area (Å²) in [4.78, 5) is 1.45. The van der Waals surface area contributed by atoms with Gasteiger partial charge in [-0.25, -0.2) is 0 Å². The van der Waals surface area contributed by atoms with Gasteiger partial charge in [-0.1, -0.05) is 37.6 Å². The van der Waals surface area contributed by atoms with Gasteiger partial charge in [-0.2, -0.15) is 0 Å². The van der Waals surface area contributed by atoms with E-state index in [1.54, 1.807) is 0 Å². The zero-order valence-corrected chi connectivity index (χ0v) is 13.3. The Kier molecular flexibility index (Phi) is 4.51. The molecule has 0 aliphatic heterocycles. The van der Waals surface area contributed by atoms with Gasteiger partial charge in [0.1, 0.15) is 0 Å². The number of fused-ring (bicyclic) bond motifs is 1. The predicted molar refractivity (Wildman–Crippen MR) is 90.6 cm³/mol. The molecule has 1 N–H and O–H groups in total. The number of rotatable bonds is 6. The van der Waals surface area contributed by atoms with Crippen LogP contribution in [0.1, 0.15) is 36.2 Å². The van der Waals surface area contributed by atoms with Gasteiger partial charge in [0.2, 0.25) is 0 Å². The van der Waals surface area contributed by atoms with Gasteiger partial charge in [-0.05, 0) is 40.3 Å². The van der Waals surface area contributed by atoms with Crippen molar-refractivity contribution in [3.8, 4) is 0 Å². The second-order valence-corrected chi connectivity index (χ2v) is 6.89. The first kappa shape index (κ1) is 13.8. The average Bonchev–Trinajstić information content (AvgIpc) is 3.13. The quantitative estimate of drug-likeness (QED) is 0.625. The van der Waals surface area contributed by atoms with Crippen molar-refractivity contribution < 1.29 is 0 Å². The Bertz CT molecular complexity index is 655. The van der Waals surface area contributed by atoms with E-state index in [-0.39, 0.29) is 0 Å². The molecule has 3 heteroatoms. The van der Waals surface area contributed by atoms with Crippen molar-refractivity contribution in [2.75, 3.05) is 0 Å². The average molecular weight is 301 g/mol. The molecule has 0 radical (unpaired) electrons. The summed E-state index contributed by atoms with van der Waals surface area (Å²) in [5, 5.41) is 9.58. The fraction of sp³-hybridized carbons (Fsp3) is 0.294. The lowest BCUT2D eigenvalue weighted by atomic mass is 10.1. The fourth-order valence-corrected chi connectivity index (χ4v) is 4.33. The lowest BCUT2D eigenvalue weighted by molar-refractivity contribution is 0.502. The fourth-order valence-electron chi connectivity index (χ4n) is 2.53. The number of hydrogen-bond donors (Lipinski definition) is 1. The minimum Gasteiger partial charge on any atom is -0.305 e. The molecule has 0 fully saturated rings. The van der Waals surface area contributed by atoms with Gasteiger partial charge in [-0.15, -0.1) is 22.7 Å². The Hall–Kier alpha value is -1.16. The molecule has 0 aliphatic rings. The molecule has 20 heavy (non-hydrogen) atoms. The second kappa shape index (κ2) is 6.53. The number of hydrogen-bond acceptors (Lipinski definition) is 3. The third-order valence-electron chi connectivity index (χ3n) is 3.56. The van der Waals surface area contributed by atoms with Crippen molar-refractivity contribution >= 4 is 32.8 Å². The minimum atomic E-state index is 0.485. The highest BCUT2D eigenvalue weighted by Gasteiger charge is 2.12. The Morgan fingerprint density at radius 3 is 2.80 bits per heavy atom. The highest BCUT2D eigenvalue weighted by atomic mass is 32.1. The van der Waals surface area contributed by atoms with Crippen LogP contribution in [0.2, 0.25) is 0 Å². The van der Waals surface area contributed by atoms with Crippen LogP contribution in [0, 0.1) is 0 Å². The van der Waals surface area contributed by atoms with Gasteiger partial charge in [0, 0.05) is 22.2 Å². The summed E-state index contributed by atoms with van der Waals surface area (Å²) in [5.74, 6) is 0. The summed E-state index contributed by atoms with van der Waals surface area (Å²) in [7, 11) is 0. The second-order valence-electron chi connectivity index (χ2n) is 4.99. The number of benzene rings is 1. The maximum Gasteiger partial charge on any atom is 0.0417 e. The lowest BCUT2D eigenvalue weighted by Crippen LogP contribution is -2.19. The summed E-state index contributed by atoms with van der Waals surface area (Å²) < 4.78 is 1.38. The first-order valence-corrected chi connectivity index (χ1v) is 8.86. The van der Waals surface area contributed by atoms with Gasteiger partial charge in [0.15, 0.2) is 0 Å². The summed E-state index contributed by atoms with van der Waals surface area (Å²) in [6, 6.07) is 13.5. The lowest BCUT2D eigenvalue weighted by Gasteiger charge is -2.16. The highest BCUT2D eigenvalue weighted by molar-refractivity contribution is 7.17. The molecule has 0 bridgehead atoms. The van der Waals surface area contributed by atoms with E-state index in [1.807, 2.05) is 22.7 Å². The molecule has 0 saturated heterocycles. The van der Waals surface area contributed by atoms with Crippen LogP contribution < -0.4 is 5.32 Å². The van der Waals surface area contributed by atoms with E-state index in [2.05, 4.69) is 59.4 Å². The monoisotopic (exact) mass is 301 g/mol. The topological polar surface area (TPSA) is 12.0 Å². The van der Waals surface area contributed by atoms with Crippen molar-refractivity contribution in [2.45, 2.75) is 32.4 Å². The molecule has 3 aromatic rings. The maximum absolute atomic E-state index is 3.73. The molecule has 0 amide bonds. The SMILES string of the molecule is CCCC(NCc1csc2ccccc12)c1cccs1. The van der Waals surface area contributed by atoms with Crippen LogP contribution in [0.15, 0.2) is 47.2 Å². The van der Waals surface area contributed by atoms with Crippen molar-refractivity contribution in [1.82, 2.24) is 5.32 Å². The van der Waals surface area contributed by atoms with E-state index in [0.29, 0.717) is 6.04 Å². The minimum absolute atomic E-state index is 0.485. The van der Waals surface area contributed by atoms with Crippen molar-refractivity contribution in [3.05, 3.63) is 57.6 Å². The van der Waals surface area contributed by atoms with Crippen LogP contribution in [0.3, 0.4) is 0 Å². The molecular weight excluding hydrogens is 282 g/mol. The molecule has 3 rings (SSSR count). The summed E-state index contributed by atoms with van der Waals surface area (Å²) in [6.45, 7) is 3.20. The van der Waals surface area contributed by atoms with Crippen LogP contribution >= 0.6 is 22.7 Å². The van der Waals surface area contributed by atoms with E-state index >= 15 is 0 Å². The van der Waals surface area contributed by atoms with E-state index < -0.39 is 0 Å². The Balaban J connectivity index is 1.74. The molecule has 2 aromatic heterocycles. The smallest absolute Gasteiger partial charge is 0.0417 e. The van der Waals surface area contributed by atoms with Crippen LogP contribution in [-0.4, -0.2) is 0 Å². The van der Waals surface area contributed by atoms with E-state index in [4.69, 9.17) is 0 Å². The van der Waals surface area contributed by atoms with Crippen LogP contribution in [0.25, 0.3) is 10.1 Å². The molecule has 1 atom stereocenters. The molecular formula is C17H19NS2.